The van der Waals surface area contributed by atoms with Gasteiger partial charge in [-0.15, -0.1) is 0 Å². The smallest absolute Gasteiger partial charge is 0.257 e. The summed E-state index contributed by atoms with van der Waals surface area (Å²) in [7, 11) is 0. The monoisotopic (exact) mass is 363 g/mol. The van der Waals surface area contributed by atoms with Crippen LogP contribution in [0.1, 0.15) is 24.2 Å². The van der Waals surface area contributed by atoms with Gasteiger partial charge in [-0.3, -0.25) is 4.79 Å². The number of alkyl halides is 1. The van der Waals surface area contributed by atoms with Crippen LogP contribution in [-0.2, 0) is 17.9 Å². The highest BCUT2D eigenvalue weighted by atomic mass is 35.5. The number of amides is 1. The fourth-order valence-electron chi connectivity index (χ4n) is 2.53. The second kappa shape index (κ2) is 6.07. The molecule has 1 saturated carbocycles. The van der Waals surface area contributed by atoms with Crippen molar-refractivity contribution in [2.24, 2.45) is 0 Å². The van der Waals surface area contributed by atoms with Gasteiger partial charge in [0.05, 0.1) is 11.6 Å². The first-order valence-electron chi connectivity index (χ1n) is 7.84. The minimum atomic E-state index is -1.67. The number of hydrogen-bond donors (Lipinski definition) is 2. The van der Waals surface area contributed by atoms with Crippen LogP contribution in [0.5, 0.6) is 5.75 Å². The molecule has 25 heavy (non-hydrogen) atoms. The summed E-state index contributed by atoms with van der Waals surface area (Å²) in [4.78, 5) is 14.8. The van der Waals surface area contributed by atoms with Gasteiger partial charge in [-0.25, -0.2) is 4.39 Å². The average Bonchev–Trinajstić information content (AvgIpc) is 3.01. The first-order chi connectivity index (χ1) is 12.0. The van der Waals surface area contributed by atoms with Crippen molar-refractivity contribution in [1.29, 1.82) is 0 Å². The average molecular weight is 364 g/mol. The fourth-order valence-corrected chi connectivity index (χ4v) is 2.76. The summed E-state index contributed by atoms with van der Waals surface area (Å²) in [5.41, 5.74) is 0.561. The molecule has 1 aliphatic carbocycles. The van der Waals surface area contributed by atoms with Crippen LogP contribution in [0.2, 0.25) is 5.02 Å². The highest BCUT2D eigenvalue weighted by molar-refractivity contribution is 6.32. The summed E-state index contributed by atoms with van der Waals surface area (Å²) in [6, 6.07) is 7.12. The van der Waals surface area contributed by atoms with Crippen LogP contribution in [0.25, 0.3) is 10.9 Å². The Morgan fingerprint density at radius 2 is 2.28 bits per heavy atom. The Morgan fingerprint density at radius 1 is 1.44 bits per heavy atom. The molecule has 0 spiro atoms. The largest absolute Gasteiger partial charge is 0.486 e. The van der Waals surface area contributed by atoms with E-state index in [0.29, 0.717) is 29.3 Å². The lowest BCUT2D eigenvalue weighted by molar-refractivity contribution is -0.127. The number of carbonyl (C=O) groups excluding carboxylic acids is 1. The molecule has 0 unspecified atom stereocenters. The van der Waals surface area contributed by atoms with Crippen molar-refractivity contribution in [2.45, 2.75) is 31.7 Å². The number of nitrogens with one attached hydrogen (secondary N) is 2. The van der Waals surface area contributed by atoms with Crippen molar-refractivity contribution in [2.75, 3.05) is 0 Å². The van der Waals surface area contributed by atoms with Gasteiger partial charge in [-0.2, -0.15) is 0 Å². The fraction of sp³-hybridized carbons (Fsp3) is 0.294. The number of hydrogen-bond acceptors (Lipinski definition) is 4. The number of ether oxygens (including phenoxy) is 1. The van der Waals surface area contributed by atoms with Gasteiger partial charge in [-0.05, 0) is 25.0 Å². The number of fused-ring (bicyclic) bond motifs is 1. The molecule has 1 aliphatic rings. The molecule has 0 aliphatic heterocycles. The number of carbonyl (C=O) groups is 1. The van der Waals surface area contributed by atoms with E-state index in [-0.39, 0.29) is 13.2 Å². The molecule has 0 bridgehead atoms. The second-order valence-electron chi connectivity index (χ2n) is 6.09. The predicted molar refractivity (Wildman–Crippen MR) is 89.1 cm³/mol. The van der Waals surface area contributed by atoms with Gasteiger partial charge in [0.2, 0.25) is 0 Å². The summed E-state index contributed by atoms with van der Waals surface area (Å²) in [6.45, 7) is 0.468. The molecule has 6 nitrogen and oxygen atoms in total. The molecule has 3 aromatic rings. The number of aromatic nitrogens is 2. The predicted octanol–water partition coefficient (Wildman–Crippen LogP) is 3.51. The van der Waals surface area contributed by atoms with Gasteiger partial charge in [0.25, 0.3) is 5.91 Å². The number of nitrogens with zero attached hydrogens (tertiary/aromatic N) is 1. The van der Waals surface area contributed by atoms with E-state index in [4.69, 9.17) is 20.9 Å². The van der Waals surface area contributed by atoms with Crippen LogP contribution in [-0.4, -0.2) is 21.7 Å². The molecule has 2 N–H and O–H groups in total. The molecule has 0 atom stereocenters. The Labute approximate surface area is 147 Å². The third-order valence-corrected chi connectivity index (χ3v) is 4.43. The lowest BCUT2D eigenvalue weighted by Gasteiger charge is -2.06. The molecular weight excluding hydrogens is 349 g/mol. The number of aromatic amines is 1. The van der Waals surface area contributed by atoms with Crippen molar-refractivity contribution < 1.29 is 18.4 Å². The van der Waals surface area contributed by atoms with Crippen LogP contribution in [0, 0.1) is 0 Å². The molecular formula is C17H15ClFN3O3. The van der Waals surface area contributed by atoms with Crippen molar-refractivity contribution >= 4 is 28.4 Å². The van der Waals surface area contributed by atoms with Gasteiger partial charge in [0.15, 0.2) is 5.67 Å². The van der Waals surface area contributed by atoms with E-state index in [2.05, 4.69) is 15.5 Å². The number of benzene rings is 1. The highest BCUT2D eigenvalue weighted by Crippen LogP contribution is 2.39. The normalized spacial score (nSPS) is 15.3. The minimum absolute atomic E-state index is 0.228. The zero-order valence-electron chi connectivity index (χ0n) is 13.1. The van der Waals surface area contributed by atoms with Crippen molar-refractivity contribution in [1.82, 2.24) is 15.5 Å². The van der Waals surface area contributed by atoms with Crippen molar-refractivity contribution in [3.63, 3.8) is 0 Å². The Kier molecular flexibility index (Phi) is 3.88. The molecule has 8 heteroatoms. The summed E-state index contributed by atoms with van der Waals surface area (Å²) >= 11 is 6.25. The van der Waals surface area contributed by atoms with E-state index in [0.717, 1.165) is 16.6 Å². The Bertz CT molecular complexity index is 919. The summed E-state index contributed by atoms with van der Waals surface area (Å²) < 4.78 is 24.0. The second-order valence-corrected chi connectivity index (χ2v) is 6.50. The van der Waals surface area contributed by atoms with Gasteiger partial charge in [0, 0.05) is 28.7 Å². The molecule has 1 amide bonds. The maximum Gasteiger partial charge on any atom is 0.257 e. The first kappa shape index (κ1) is 16.0. The molecule has 4 rings (SSSR count). The standard InChI is InChI=1S/C17H15ClFN3O3/c18-13-6-10-5-12(8-20-16(23)17(19)2-3-17)21-14(10)7-15(13)24-9-11-1-4-25-22-11/h1,4-7,21H,2-3,8-9H2,(H,20,23). The molecule has 0 saturated heterocycles. The van der Waals surface area contributed by atoms with E-state index in [9.17, 15) is 9.18 Å². The first-order valence-corrected chi connectivity index (χ1v) is 8.22. The zero-order valence-corrected chi connectivity index (χ0v) is 13.9. The number of halogens is 2. The van der Waals surface area contributed by atoms with E-state index >= 15 is 0 Å². The molecule has 2 heterocycles. The van der Waals surface area contributed by atoms with Crippen LogP contribution >= 0.6 is 11.6 Å². The lowest BCUT2D eigenvalue weighted by Crippen LogP contribution is -2.32. The van der Waals surface area contributed by atoms with Crippen LogP contribution < -0.4 is 10.1 Å². The van der Waals surface area contributed by atoms with Gasteiger partial charge >= 0.3 is 0 Å². The Hall–Kier alpha value is -2.54. The Morgan fingerprint density at radius 3 is 3.00 bits per heavy atom. The minimum Gasteiger partial charge on any atom is -0.486 e. The topological polar surface area (TPSA) is 80.2 Å². The van der Waals surface area contributed by atoms with Crippen LogP contribution in [0.3, 0.4) is 0 Å². The SMILES string of the molecule is O=C(NCc1cc2cc(Cl)c(OCc3ccon3)cc2[nH]1)C1(F)CC1. The molecule has 2 aromatic heterocycles. The van der Waals surface area contributed by atoms with E-state index in [1.165, 1.54) is 6.26 Å². The van der Waals surface area contributed by atoms with E-state index in [1.807, 2.05) is 6.07 Å². The third kappa shape index (κ3) is 3.32. The number of rotatable bonds is 6. The summed E-state index contributed by atoms with van der Waals surface area (Å²) in [5, 5.41) is 7.72. The van der Waals surface area contributed by atoms with E-state index < -0.39 is 11.6 Å². The van der Waals surface area contributed by atoms with Gasteiger partial charge < -0.3 is 19.6 Å². The molecule has 130 valence electrons. The lowest BCUT2D eigenvalue weighted by atomic mass is 10.2. The maximum absolute atomic E-state index is 13.6. The molecule has 1 aromatic carbocycles. The number of H-pyrrole nitrogens is 1. The van der Waals surface area contributed by atoms with Crippen LogP contribution in [0.4, 0.5) is 4.39 Å². The van der Waals surface area contributed by atoms with Crippen LogP contribution in [0.15, 0.2) is 35.1 Å². The van der Waals surface area contributed by atoms with Gasteiger partial charge in [-0.1, -0.05) is 16.8 Å². The van der Waals surface area contributed by atoms with Crippen molar-refractivity contribution in [3.8, 4) is 5.75 Å². The molecule has 0 radical (unpaired) electrons. The zero-order chi connectivity index (χ0) is 17.4. The quantitative estimate of drug-likeness (QED) is 0.702. The van der Waals surface area contributed by atoms with E-state index in [1.54, 1.807) is 18.2 Å². The van der Waals surface area contributed by atoms with Crippen molar-refractivity contribution in [3.05, 3.63) is 46.9 Å². The summed E-state index contributed by atoms with van der Waals surface area (Å²) in [5.74, 6) is -0.0453. The molecule has 1 fully saturated rings. The summed E-state index contributed by atoms with van der Waals surface area (Å²) in [6.07, 6.45) is 2.07. The highest BCUT2D eigenvalue weighted by Gasteiger charge is 2.50. The Balaban J connectivity index is 1.47. The maximum atomic E-state index is 13.6. The van der Waals surface area contributed by atoms with Gasteiger partial charge in [0.1, 0.15) is 24.3 Å². The third-order valence-electron chi connectivity index (χ3n) is 4.13.